The number of aromatic amines is 1. The van der Waals surface area contributed by atoms with Crippen molar-refractivity contribution < 1.29 is 14.3 Å². The van der Waals surface area contributed by atoms with Gasteiger partial charge < -0.3 is 25.3 Å². The Kier molecular flexibility index (Phi) is 6.94. The smallest absolute Gasteiger partial charge is 0.410 e. The molecule has 9 heteroatoms. The van der Waals surface area contributed by atoms with Crippen LogP contribution < -0.4 is 10.6 Å². The van der Waals surface area contributed by atoms with Crippen molar-refractivity contribution in [2.45, 2.75) is 38.8 Å². The van der Waals surface area contributed by atoms with Gasteiger partial charge in [0.05, 0.1) is 16.3 Å². The summed E-state index contributed by atoms with van der Waals surface area (Å²) in [6.07, 6.45) is 7.32. The third-order valence-electron chi connectivity index (χ3n) is 4.76. The van der Waals surface area contributed by atoms with E-state index in [9.17, 15) is 9.59 Å². The van der Waals surface area contributed by atoms with Gasteiger partial charge >= 0.3 is 6.09 Å². The van der Waals surface area contributed by atoms with Gasteiger partial charge in [-0.15, -0.1) is 11.8 Å². The van der Waals surface area contributed by atoms with Crippen molar-refractivity contribution in [1.29, 1.82) is 0 Å². The zero-order valence-electron chi connectivity index (χ0n) is 18.3. The quantitative estimate of drug-likeness (QED) is 0.463. The van der Waals surface area contributed by atoms with Crippen LogP contribution in [-0.2, 0) is 9.53 Å². The van der Waals surface area contributed by atoms with Gasteiger partial charge in [-0.25, -0.2) is 9.78 Å². The fourth-order valence-corrected chi connectivity index (χ4v) is 3.96. The highest BCUT2D eigenvalue weighted by atomic mass is 32.2. The zero-order chi connectivity index (χ0) is 22.6. The number of thioether (sulfide) groups is 1. The molecular weight excluding hydrogens is 414 g/mol. The summed E-state index contributed by atoms with van der Waals surface area (Å²) in [5.74, 6) is -0.203. The van der Waals surface area contributed by atoms with Crippen molar-refractivity contribution in [2.24, 2.45) is 0 Å². The number of carbonyl (C=O) groups is 2. The van der Waals surface area contributed by atoms with Crippen LogP contribution in [0.5, 0.6) is 0 Å². The van der Waals surface area contributed by atoms with Crippen molar-refractivity contribution in [2.75, 3.05) is 24.7 Å². The molecule has 3 N–H and O–H groups in total. The largest absolute Gasteiger partial charge is 0.444 e. The Morgan fingerprint density at radius 3 is 2.84 bits per heavy atom. The van der Waals surface area contributed by atoms with E-state index in [1.54, 1.807) is 17.2 Å². The highest BCUT2D eigenvalue weighted by Gasteiger charge is 2.31. The second kappa shape index (κ2) is 9.47. The van der Waals surface area contributed by atoms with Crippen LogP contribution >= 0.6 is 11.8 Å². The minimum atomic E-state index is -0.546. The van der Waals surface area contributed by atoms with Crippen LogP contribution in [0.4, 0.5) is 10.5 Å². The number of nitrogens with zero attached hydrogens (tertiary/aromatic N) is 2. The number of fused-ring (bicyclic) bond motifs is 1. The van der Waals surface area contributed by atoms with E-state index >= 15 is 0 Å². The van der Waals surface area contributed by atoms with E-state index in [0.717, 1.165) is 16.7 Å². The minimum absolute atomic E-state index is 0.134. The topological polar surface area (TPSA) is 99.4 Å². The number of aromatic nitrogens is 2. The number of ether oxygens (including phenoxy) is 1. The number of nitrogens with one attached hydrogen (secondary N) is 3. The first-order valence-corrected chi connectivity index (χ1v) is 11.3. The molecule has 0 radical (unpaired) electrons. The summed E-state index contributed by atoms with van der Waals surface area (Å²) in [6, 6.07) is 3.64. The summed E-state index contributed by atoms with van der Waals surface area (Å²) in [5.41, 5.74) is 1.66. The number of hydrogen-bond acceptors (Lipinski definition) is 6. The molecule has 0 aliphatic carbocycles. The van der Waals surface area contributed by atoms with Gasteiger partial charge in [0, 0.05) is 36.9 Å². The van der Waals surface area contributed by atoms with Crippen molar-refractivity contribution in [3.8, 4) is 0 Å². The summed E-state index contributed by atoms with van der Waals surface area (Å²) >= 11 is 1.34. The van der Waals surface area contributed by atoms with Gasteiger partial charge in [0.25, 0.3) is 5.91 Å². The van der Waals surface area contributed by atoms with Gasteiger partial charge in [-0.05, 0) is 51.7 Å². The molecule has 3 rings (SSSR count). The molecule has 2 amide bonds. The molecule has 3 heterocycles. The van der Waals surface area contributed by atoms with Crippen LogP contribution in [0.2, 0.25) is 0 Å². The van der Waals surface area contributed by atoms with Crippen LogP contribution in [0.3, 0.4) is 0 Å². The van der Waals surface area contributed by atoms with E-state index in [-0.39, 0.29) is 18.0 Å². The average molecular weight is 444 g/mol. The van der Waals surface area contributed by atoms with E-state index in [0.29, 0.717) is 30.1 Å². The number of amides is 2. The van der Waals surface area contributed by atoms with Gasteiger partial charge in [0.1, 0.15) is 11.2 Å². The monoisotopic (exact) mass is 443 g/mol. The van der Waals surface area contributed by atoms with Gasteiger partial charge in [-0.2, -0.15) is 0 Å². The van der Waals surface area contributed by atoms with Crippen molar-refractivity contribution in [3.05, 3.63) is 47.8 Å². The molecular formula is C22H29N5O3S. The van der Waals surface area contributed by atoms with E-state index in [1.807, 2.05) is 45.4 Å². The Labute approximate surface area is 186 Å². The zero-order valence-corrected chi connectivity index (χ0v) is 19.1. The molecule has 2 aromatic rings. The molecule has 1 aliphatic heterocycles. The van der Waals surface area contributed by atoms with Crippen molar-refractivity contribution in [3.63, 3.8) is 0 Å². The first kappa shape index (κ1) is 22.7. The SMILES string of the molecule is C=C/C(Nc1ccnc2[nH]ccc12)=C(\SC)C(=O)NC1CCN(C(=O)OC(C)(C)C)C1. The molecule has 1 atom stereocenters. The number of carbonyl (C=O) groups excluding carboxylic acids is 2. The lowest BCUT2D eigenvalue weighted by molar-refractivity contribution is -0.117. The molecule has 1 saturated heterocycles. The van der Waals surface area contributed by atoms with Gasteiger partial charge in [-0.3, -0.25) is 4.79 Å². The molecule has 2 aromatic heterocycles. The van der Waals surface area contributed by atoms with E-state index in [1.165, 1.54) is 11.8 Å². The van der Waals surface area contributed by atoms with Crippen LogP contribution in [0.15, 0.2) is 47.8 Å². The lowest BCUT2D eigenvalue weighted by Gasteiger charge is -2.24. The fraction of sp³-hybridized carbons (Fsp3) is 0.409. The number of likely N-dealkylation sites (tertiary alicyclic amines) is 1. The molecule has 166 valence electrons. The molecule has 1 unspecified atom stereocenters. The first-order chi connectivity index (χ1) is 14.7. The summed E-state index contributed by atoms with van der Waals surface area (Å²) in [4.78, 5) is 34.8. The van der Waals surface area contributed by atoms with E-state index in [4.69, 9.17) is 4.74 Å². The molecule has 0 aromatic carbocycles. The molecule has 0 spiro atoms. The predicted octanol–water partition coefficient (Wildman–Crippen LogP) is 3.86. The van der Waals surface area contributed by atoms with E-state index < -0.39 is 5.60 Å². The summed E-state index contributed by atoms with van der Waals surface area (Å²) in [6.45, 7) is 10.4. The first-order valence-electron chi connectivity index (χ1n) is 10.1. The maximum atomic E-state index is 13.0. The Morgan fingerprint density at radius 2 is 2.16 bits per heavy atom. The summed E-state index contributed by atoms with van der Waals surface area (Å²) < 4.78 is 5.42. The normalized spacial score (nSPS) is 17.3. The molecule has 0 bridgehead atoms. The highest BCUT2D eigenvalue weighted by Crippen LogP contribution is 2.26. The maximum Gasteiger partial charge on any atom is 0.410 e. The van der Waals surface area contributed by atoms with Crippen molar-refractivity contribution >= 4 is 40.5 Å². The molecule has 1 fully saturated rings. The second-order valence-electron chi connectivity index (χ2n) is 8.26. The standard InChI is InChI=1S/C22H29N5O3S/c1-6-16(26-17-8-11-24-19-15(17)7-10-23-19)18(31-5)20(28)25-14-9-12-27(13-14)21(29)30-22(2,3)4/h6-8,10-11,14H,1,9,12-13H2,2-5H3,(H,25,28)(H2,23,24,26)/b18-16+. The third-order valence-corrected chi connectivity index (χ3v) is 5.58. The maximum absolute atomic E-state index is 13.0. The van der Waals surface area contributed by atoms with Crippen LogP contribution in [0, 0.1) is 0 Å². The van der Waals surface area contributed by atoms with Crippen LogP contribution in [0.1, 0.15) is 27.2 Å². The average Bonchev–Trinajstić information content (AvgIpc) is 3.36. The van der Waals surface area contributed by atoms with E-state index in [2.05, 4.69) is 27.2 Å². The Morgan fingerprint density at radius 1 is 1.39 bits per heavy atom. The summed E-state index contributed by atoms with van der Waals surface area (Å²) in [5, 5.41) is 7.26. The lowest BCUT2D eigenvalue weighted by Crippen LogP contribution is -2.40. The molecule has 0 saturated carbocycles. The van der Waals surface area contributed by atoms with Crippen molar-refractivity contribution in [1.82, 2.24) is 20.2 Å². The minimum Gasteiger partial charge on any atom is -0.444 e. The number of hydrogen-bond donors (Lipinski definition) is 3. The van der Waals surface area contributed by atoms with Gasteiger partial charge in [0.15, 0.2) is 0 Å². The molecule has 8 nitrogen and oxygen atoms in total. The second-order valence-corrected chi connectivity index (χ2v) is 9.08. The number of rotatable bonds is 6. The summed E-state index contributed by atoms with van der Waals surface area (Å²) in [7, 11) is 0. The molecule has 31 heavy (non-hydrogen) atoms. The van der Waals surface area contributed by atoms with Gasteiger partial charge in [0.2, 0.25) is 0 Å². The predicted molar refractivity (Wildman–Crippen MR) is 125 cm³/mol. The lowest BCUT2D eigenvalue weighted by atomic mass is 10.2. The molecule has 1 aliphatic rings. The highest BCUT2D eigenvalue weighted by molar-refractivity contribution is 8.03. The number of pyridine rings is 1. The fourth-order valence-electron chi connectivity index (χ4n) is 3.36. The van der Waals surface area contributed by atoms with Crippen LogP contribution in [-0.4, -0.2) is 57.9 Å². The Bertz CT molecular complexity index is 1010. The Balaban J connectivity index is 1.70. The number of H-pyrrole nitrogens is 1. The number of anilines is 1. The number of allylic oxidation sites excluding steroid dienone is 1. The van der Waals surface area contributed by atoms with Crippen LogP contribution in [0.25, 0.3) is 11.0 Å². The third kappa shape index (κ3) is 5.61. The van der Waals surface area contributed by atoms with Gasteiger partial charge in [-0.1, -0.05) is 6.58 Å². The Hall–Kier alpha value is -2.94.